The monoisotopic (exact) mass is 286 g/mol. The van der Waals surface area contributed by atoms with Gasteiger partial charge in [0.1, 0.15) is 6.61 Å². The lowest BCUT2D eigenvalue weighted by atomic mass is 10.1. The van der Waals surface area contributed by atoms with Crippen molar-refractivity contribution in [1.82, 2.24) is 10.2 Å². The van der Waals surface area contributed by atoms with Crippen LogP contribution in [0.2, 0.25) is 0 Å². The molecule has 2 N–H and O–H groups in total. The number of hydrogen-bond acceptors (Lipinski definition) is 3. The first-order chi connectivity index (χ1) is 10.2. The van der Waals surface area contributed by atoms with E-state index < -0.39 is 0 Å². The molecule has 0 aliphatic carbocycles. The molecule has 0 radical (unpaired) electrons. The van der Waals surface area contributed by atoms with Crippen LogP contribution in [0.3, 0.4) is 0 Å². The number of carbonyl (C=O) groups excluding carboxylic acids is 2. The van der Waals surface area contributed by atoms with Crippen molar-refractivity contribution in [1.29, 1.82) is 0 Å². The van der Waals surface area contributed by atoms with E-state index in [1.165, 1.54) is 0 Å². The van der Waals surface area contributed by atoms with Crippen molar-refractivity contribution < 1.29 is 14.7 Å². The van der Waals surface area contributed by atoms with Gasteiger partial charge in [0.05, 0.1) is 6.54 Å². The number of aliphatic hydroxyl groups excluding tert-OH is 1. The van der Waals surface area contributed by atoms with Gasteiger partial charge in [-0.3, -0.25) is 9.59 Å². The zero-order chi connectivity index (χ0) is 15.1. The summed E-state index contributed by atoms with van der Waals surface area (Å²) in [5.41, 5.74) is 1.78. The summed E-state index contributed by atoms with van der Waals surface area (Å²) in [6, 6.07) is 7.44. The summed E-state index contributed by atoms with van der Waals surface area (Å²) in [7, 11) is 0. The largest absolute Gasteiger partial charge is 0.384 e. The molecule has 1 aromatic rings. The van der Waals surface area contributed by atoms with Crippen LogP contribution in [-0.2, 0) is 16.1 Å². The van der Waals surface area contributed by atoms with Crippen LogP contribution in [0, 0.1) is 11.8 Å². The topological polar surface area (TPSA) is 69.6 Å². The normalized spacial score (nSPS) is 13.8. The first kappa shape index (κ1) is 15.1. The van der Waals surface area contributed by atoms with Crippen LogP contribution in [0.15, 0.2) is 24.3 Å². The molecule has 2 amide bonds. The van der Waals surface area contributed by atoms with E-state index in [2.05, 4.69) is 17.2 Å². The highest BCUT2D eigenvalue weighted by Crippen LogP contribution is 2.08. The summed E-state index contributed by atoms with van der Waals surface area (Å²) in [5, 5.41) is 11.4. The number of hydrogen-bond donors (Lipinski definition) is 2. The Morgan fingerprint density at radius 1 is 1.33 bits per heavy atom. The van der Waals surface area contributed by atoms with E-state index in [0.717, 1.165) is 17.5 Å². The molecule has 0 saturated carbocycles. The number of nitrogens with zero attached hydrogens (tertiary/aromatic N) is 1. The Kier molecular flexibility index (Phi) is 5.35. The van der Waals surface area contributed by atoms with Crippen LogP contribution in [-0.4, -0.2) is 41.5 Å². The van der Waals surface area contributed by atoms with Gasteiger partial charge >= 0.3 is 0 Å². The molecule has 21 heavy (non-hydrogen) atoms. The van der Waals surface area contributed by atoms with Gasteiger partial charge in [0.15, 0.2) is 0 Å². The van der Waals surface area contributed by atoms with Crippen molar-refractivity contribution in [3.63, 3.8) is 0 Å². The number of likely N-dealkylation sites (tertiary alicyclic amines) is 1. The first-order valence-electron chi connectivity index (χ1n) is 6.92. The maximum atomic E-state index is 11.8. The third-order valence-electron chi connectivity index (χ3n) is 3.26. The highest BCUT2D eigenvalue weighted by atomic mass is 16.2. The van der Waals surface area contributed by atoms with Crippen molar-refractivity contribution in [3.8, 4) is 11.8 Å². The lowest BCUT2D eigenvalue weighted by Gasteiger charge is -2.14. The van der Waals surface area contributed by atoms with Gasteiger partial charge in [-0.2, -0.15) is 0 Å². The van der Waals surface area contributed by atoms with Crippen LogP contribution in [0.25, 0.3) is 0 Å². The fourth-order valence-electron chi connectivity index (χ4n) is 2.15. The predicted molar refractivity (Wildman–Crippen MR) is 78.1 cm³/mol. The van der Waals surface area contributed by atoms with Crippen molar-refractivity contribution >= 4 is 11.8 Å². The van der Waals surface area contributed by atoms with Gasteiger partial charge in [0.2, 0.25) is 11.8 Å². The minimum Gasteiger partial charge on any atom is -0.384 e. The van der Waals surface area contributed by atoms with E-state index in [9.17, 15) is 9.59 Å². The molecule has 1 aliphatic rings. The zero-order valence-electron chi connectivity index (χ0n) is 11.8. The summed E-state index contributed by atoms with van der Waals surface area (Å²) in [6.45, 7) is 1.07. The van der Waals surface area contributed by atoms with Crippen LogP contribution >= 0.6 is 0 Å². The highest BCUT2D eigenvalue weighted by molar-refractivity contribution is 5.85. The average molecular weight is 286 g/mol. The summed E-state index contributed by atoms with van der Waals surface area (Å²) < 4.78 is 0. The minimum absolute atomic E-state index is 0.0527. The third kappa shape index (κ3) is 4.62. The second-order valence-corrected chi connectivity index (χ2v) is 4.85. The van der Waals surface area contributed by atoms with Crippen LogP contribution in [0.4, 0.5) is 0 Å². The van der Waals surface area contributed by atoms with Gasteiger partial charge in [-0.25, -0.2) is 0 Å². The molecule has 0 spiro atoms. The van der Waals surface area contributed by atoms with Gasteiger partial charge in [-0.15, -0.1) is 0 Å². The summed E-state index contributed by atoms with van der Waals surface area (Å²) in [5.74, 6) is 5.29. The molecule has 5 nitrogen and oxygen atoms in total. The van der Waals surface area contributed by atoms with Gasteiger partial charge in [0.25, 0.3) is 0 Å². The van der Waals surface area contributed by atoms with Crippen molar-refractivity contribution in [3.05, 3.63) is 35.4 Å². The van der Waals surface area contributed by atoms with Gasteiger partial charge in [-0.1, -0.05) is 24.0 Å². The number of benzene rings is 1. The van der Waals surface area contributed by atoms with E-state index in [-0.39, 0.29) is 25.0 Å². The predicted octanol–water partition coefficient (Wildman–Crippen LogP) is 0.269. The molecule has 5 heteroatoms. The van der Waals surface area contributed by atoms with E-state index in [0.29, 0.717) is 19.5 Å². The molecule has 110 valence electrons. The number of aliphatic hydroxyl groups is 1. The summed E-state index contributed by atoms with van der Waals surface area (Å²) in [6.07, 6.45) is 1.38. The smallest absolute Gasteiger partial charge is 0.239 e. The van der Waals surface area contributed by atoms with Crippen LogP contribution in [0.1, 0.15) is 24.0 Å². The lowest BCUT2D eigenvalue weighted by Crippen LogP contribution is -2.37. The standard InChI is InChI=1S/C16H18N2O3/c19-10-2-3-13-5-7-14(8-6-13)11-17-15(20)12-18-9-1-4-16(18)21/h5-8,19H,1,4,9-12H2,(H,17,20). The second-order valence-electron chi connectivity index (χ2n) is 4.85. The van der Waals surface area contributed by atoms with Crippen molar-refractivity contribution in [2.75, 3.05) is 19.7 Å². The fourth-order valence-corrected chi connectivity index (χ4v) is 2.15. The Balaban J connectivity index is 1.79. The lowest BCUT2D eigenvalue weighted by molar-refractivity contribution is -0.133. The molecule has 2 rings (SSSR count). The Morgan fingerprint density at radius 2 is 2.10 bits per heavy atom. The number of amides is 2. The van der Waals surface area contributed by atoms with E-state index in [1.807, 2.05) is 24.3 Å². The minimum atomic E-state index is -0.160. The Morgan fingerprint density at radius 3 is 2.71 bits per heavy atom. The van der Waals surface area contributed by atoms with Gasteiger partial charge < -0.3 is 15.3 Å². The van der Waals surface area contributed by atoms with Gasteiger partial charge in [-0.05, 0) is 24.1 Å². The molecule has 0 unspecified atom stereocenters. The third-order valence-corrected chi connectivity index (χ3v) is 3.26. The quantitative estimate of drug-likeness (QED) is 0.781. The molecule has 1 saturated heterocycles. The first-order valence-corrected chi connectivity index (χ1v) is 6.92. The number of carbonyl (C=O) groups is 2. The molecule has 1 aromatic carbocycles. The summed E-state index contributed by atoms with van der Waals surface area (Å²) in [4.78, 5) is 24.8. The average Bonchev–Trinajstić information content (AvgIpc) is 2.89. The van der Waals surface area contributed by atoms with E-state index in [4.69, 9.17) is 5.11 Å². The second kappa shape index (κ2) is 7.46. The fraction of sp³-hybridized carbons (Fsp3) is 0.375. The maximum absolute atomic E-state index is 11.8. The maximum Gasteiger partial charge on any atom is 0.239 e. The van der Waals surface area contributed by atoms with E-state index >= 15 is 0 Å². The molecule has 0 aromatic heterocycles. The molecule has 1 fully saturated rings. The van der Waals surface area contributed by atoms with Crippen molar-refractivity contribution in [2.24, 2.45) is 0 Å². The Bertz CT molecular complexity index is 569. The highest BCUT2D eigenvalue weighted by Gasteiger charge is 2.21. The number of nitrogens with one attached hydrogen (secondary N) is 1. The van der Waals surface area contributed by atoms with Gasteiger partial charge in [0, 0.05) is 25.1 Å². The number of rotatable bonds is 4. The molecule has 1 heterocycles. The Labute approximate surface area is 124 Å². The molecule has 0 atom stereocenters. The van der Waals surface area contributed by atoms with Crippen molar-refractivity contribution in [2.45, 2.75) is 19.4 Å². The molecular weight excluding hydrogens is 268 g/mol. The Hall–Kier alpha value is -2.32. The SMILES string of the molecule is O=C(CN1CCCC1=O)NCc1ccc(C#CCO)cc1. The zero-order valence-corrected chi connectivity index (χ0v) is 11.8. The molecule has 1 aliphatic heterocycles. The van der Waals surface area contributed by atoms with Crippen LogP contribution < -0.4 is 5.32 Å². The van der Waals surface area contributed by atoms with Crippen LogP contribution in [0.5, 0.6) is 0 Å². The van der Waals surface area contributed by atoms with E-state index in [1.54, 1.807) is 4.90 Å². The molecular formula is C16H18N2O3. The summed E-state index contributed by atoms with van der Waals surface area (Å²) >= 11 is 0. The molecule has 0 bridgehead atoms.